The molecule has 0 saturated carbocycles. The number of benzene rings is 1. The lowest BCUT2D eigenvalue weighted by Gasteiger charge is -2.32. The highest BCUT2D eigenvalue weighted by Crippen LogP contribution is 2.39. The Labute approximate surface area is 181 Å². The van der Waals surface area contributed by atoms with E-state index in [1.54, 1.807) is 12.3 Å². The number of nitrogens with zero attached hydrogens (tertiary/aromatic N) is 3. The molecule has 1 N–H and O–H groups in total. The zero-order chi connectivity index (χ0) is 20.4. The molecular weight excluding hydrogens is 405 g/mol. The molecule has 6 heteroatoms. The third kappa shape index (κ3) is 4.46. The van der Waals surface area contributed by atoms with Gasteiger partial charge in [-0.15, -0.1) is 0 Å². The standard InChI is InChI=1S/C23H23Cl2N3O/c1-15-6-7-16(14-27-15)22(28-9-2-3-10-28)23(29)20-5-4-8-26-21(20)17-11-18(24)13-19(25)12-17/h4-8,11-14,22-23,29H,2-3,9-10H2,1H3/t22-,23+/m0/s1. The second kappa shape index (κ2) is 8.80. The molecular formula is C23H23Cl2N3O. The van der Waals surface area contributed by atoms with Gasteiger partial charge in [-0.25, -0.2) is 0 Å². The molecule has 2 aromatic heterocycles. The maximum Gasteiger partial charge on any atom is 0.101 e. The summed E-state index contributed by atoms with van der Waals surface area (Å²) in [7, 11) is 0. The van der Waals surface area contributed by atoms with Gasteiger partial charge in [-0.2, -0.15) is 0 Å². The topological polar surface area (TPSA) is 49.3 Å². The van der Waals surface area contributed by atoms with Crippen LogP contribution in [0.1, 0.15) is 41.8 Å². The van der Waals surface area contributed by atoms with Gasteiger partial charge in [-0.3, -0.25) is 14.9 Å². The van der Waals surface area contributed by atoms with Crippen LogP contribution in [0.15, 0.2) is 54.9 Å². The summed E-state index contributed by atoms with van der Waals surface area (Å²) in [5.41, 5.74) is 4.19. The van der Waals surface area contributed by atoms with Crippen LogP contribution in [-0.2, 0) is 0 Å². The summed E-state index contributed by atoms with van der Waals surface area (Å²) in [4.78, 5) is 11.4. The molecule has 1 aromatic carbocycles. The molecule has 0 amide bonds. The minimum atomic E-state index is -0.765. The number of likely N-dealkylation sites (tertiary alicyclic amines) is 1. The molecule has 4 rings (SSSR count). The van der Waals surface area contributed by atoms with Crippen molar-refractivity contribution in [2.24, 2.45) is 0 Å². The minimum Gasteiger partial charge on any atom is -0.386 e. The highest BCUT2D eigenvalue weighted by molar-refractivity contribution is 6.35. The van der Waals surface area contributed by atoms with Gasteiger partial charge in [0.25, 0.3) is 0 Å². The third-order valence-corrected chi connectivity index (χ3v) is 5.84. The van der Waals surface area contributed by atoms with E-state index in [0.717, 1.165) is 48.3 Å². The number of aliphatic hydroxyl groups is 1. The fraction of sp³-hybridized carbons (Fsp3) is 0.304. The van der Waals surface area contributed by atoms with E-state index in [0.29, 0.717) is 15.7 Å². The van der Waals surface area contributed by atoms with Crippen molar-refractivity contribution in [1.29, 1.82) is 0 Å². The molecule has 4 nitrogen and oxygen atoms in total. The quantitative estimate of drug-likeness (QED) is 0.572. The van der Waals surface area contributed by atoms with E-state index in [1.165, 1.54) is 0 Å². The summed E-state index contributed by atoms with van der Waals surface area (Å²) in [6.45, 7) is 3.87. The average Bonchev–Trinajstić information content (AvgIpc) is 3.23. The van der Waals surface area contributed by atoms with Gasteiger partial charge in [0.05, 0.1) is 11.7 Å². The Morgan fingerprint density at radius 1 is 1.00 bits per heavy atom. The Morgan fingerprint density at radius 3 is 2.38 bits per heavy atom. The van der Waals surface area contributed by atoms with E-state index >= 15 is 0 Å². The Balaban J connectivity index is 1.78. The van der Waals surface area contributed by atoms with Crippen LogP contribution >= 0.6 is 23.2 Å². The van der Waals surface area contributed by atoms with Crippen molar-refractivity contribution in [2.45, 2.75) is 31.9 Å². The molecule has 0 bridgehead atoms. The van der Waals surface area contributed by atoms with Crippen LogP contribution in [0.25, 0.3) is 11.3 Å². The number of hydrogen-bond acceptors (Lipinski definition) is 4. The van der Waals surface area contributed by atoms with Crippen LogP contribution in [-0.4, -0.2) is 33.1 Å². The Kier molecular flexibility index (Phi) is 6.16. The molecule has 3 heterocycles. The van der Waals surface area contributed by atoms with Crippen molar-refractivity contribution in [3.8, 4) is 11.3 Å². The number of aryl methyl sites for hydroxylation is 1. The maximum absolute atomic E-state index is 11.6. The van der Waals surface area contributed by atoms with Gasteiger partial charge in [-0.1, -0.05) is 35.3 Å². The first-order valence-electron chi connectivity index (χ1n) is 9.79. The van der Waals surface area contributed by atoms with Gasteiger partial charge in [0, 0.05) is 39.3 Å². The Hall–Kier alpha value is -1.98. The lowest BCUT2D eigenvalue weighted by atomic mass is 9.92. The first kappa shape index (κ1) is 20.3. The molecule has 0 unspecified atom stereocenters. The van der Waals surface area contributed by atoms with Crippen LogP contribution < -0.4 is 0 Å². The van der Waals surface area contributed by atoms with E-state index in [9.17, 15) is 5.11 Å². The number of aliphatic hydroxyl groups excluding tert-OH is 1. The number of pyridine rings is 2. The smallest absolute Gasteiger partial charge is 0.101 e. The highest BCUT2D eigenvalue weighted by Gasteiger charge is 2.32. The van der Waals surface area contributed by atoms with E-state index < -0.39 is 6.10 Å². The van der Waals surface area contributed by atoms with Crippen molar-refractivity contribution in [3.05, 3.63) is 81.7 Å². The Morgan fingerprint density at radius 2 is 1.72 bits per heavy atom. The molecule has 0 spiro atoms. The first-order valence-corrected chi connectivity index (χ1v) is 10.5. The van der Waals surface area contributed by atoms with Crippen LogP contribution in [0.5, 0.6) is 0 Å². The number of hydrogen-bond donors (Lipinski definition) is 1. The maximum atomic E-state index is 11.6. The summed E-state index contributed by atoms with van der Waals surface area (Å²) >= 11 is 12.4. The SMILES string of the molecule is Cc1ccc([C@@H]([C@H](O)c2cccnc2-c2cc(Cl)cc(Cl)c2)N2CCCC2)cn1. The number of rotatable bonds is 5. The van der Waals surface area contributed by atoms with E-state index in [4.69, 9.17) is 23.2 Å². The lowest BCUT2D eigenvalue weighted by Crippen LogP contribution is -2.31. The van der Waals surface area contributed by atoms with Crippen LogP contribution in [0, 0.1) is 6.92 Å². The van der Waals surface area contributed by atoms with Crippen molar-refractivity contribution in [2.75, 3.05) is 13.1 Å². The second-order valence-electron chi connectivity index (χ2n) is 7.47. The van der Waals surface area contributed by atoms with Crippen molar-refractivity contribution < 1.29 is 5.11 Å². The number of halogens is 2. The molecule has 2 atom stereocenters. The summed E-state index contributed by atoms with van der Waals surface area (Å²) in [6.07, 6.45) is 5.09. The monoisotopic (exact) mass is 427 g/mol. The molecule has 1 saturated heterocycles. The van der Waals surface area contributed by atoms with E-state index in [1.807, 2.05) is 43.5 Å². The molecule has 1 aliphatic heterocycles. The zero-order valence-corrected chi connectivity index (χ0v) is 17.7. The van der Waals surface area contributed by atoms with Gasteiger partial charge < -0.3 is 5.11 Å². The first-order chi connectivity index (χ1) is 14.0. The third-order valence-electron chi connectivity index (χ3n) is 5.40. The zero-order valence-electron chi connectivity index (χ0n) is 16.2. The van der Waals surface area contributed by atoms with Crippen LogP contribution in [0.2, 0.25) is 10.0 Å². The molecule has 150 valence electrons. The van der Waals surface area contributed by atoms with Crippen molar-refractivity contribution in [1.82, 2.24) is 14.9 Å². The largest absolute Gasteiger partial charge is 0.386 e. The normalized spacial score (nSPS) is 16.7. The van der Waals surface area contributed by atoms with E-state index in [2.05, 4.69) is 20.9 Å². The Bertz CT molecular complexity index is 967. The van der Waals surface area contributed by atoms with E-state index in [-0.39, 0.29) is 6.04 Å². The van der Waals surface area contributed by atoms with Crippen LogP contribution in [0.4, 0.5) is 0 Å². The summed E-state index contributed by atoms with van der Waals surface area (Å²) < 4.78 is 0. The summed E-state index contributed by atoms with van der Waals surface area (Å²) in [5.74, 6) is 0. The van der Waals surface area contributed by atoms with Crippen molar-refractivity contribution in [3.63, 3.8) is 0 Å². The predicted octanol–water partition coefficient (Wildman–Crippen LogP) is 5.63. The van der Waals surface area contributed by atoms with Gasteiger partial charge in [0.15, 0.2) is 0 Å². The fourth-order valence-corrected chi connectivity index (χ4v) is 4.55. The van der Waals surface area contributed by atoms with Gasteiger partial charge in [0.1, 0.15) is 6.10 Å². The summed E-state index contributed by atoms with van der Waals surface area (Å²) in [6, 6.07) is 13.0. The molecule has 3 aromatic rings. The van der Waals surface area contributed by atoms with Crippen LogP contribution in [0.3, 0.4) is 0 Å². The molecule has 29 heavy (non-hydrogen) atoms. The molecule has 1 aliphatic rings. The molecule has 0 aliphatic carbocycles. The fourth-order valence-electron chi connectivity index (χ4n) is 4.03. The molecule has 1 fully saturated rings. The number of aromatic nitrogens is 2. The predicted molar refractivity (Wildman–Crippen MR) is 117 cm³/mol. The average molecular weight is 428 g/mol. The van der Waals surface area contributed by atoms with Gasteiger partial charge >= 0.3 is 0 Å². The summed E-state index contributed by atoms with van der Waals surface area (Å²) in [5, 5.41) is 12.6. The van der Waals surface area contributed by atoms with Gasteiger partial charge in [0.2, 0.25) is 0 Å². The van der Waals surface area contributed by atoms with Gasteiger partial charge in [-0.05, 0) is 68.8 Å². The molecule has 0 radical (unpaired) electrons. The van der Waals surface area contributed by atoms with Crippen molar-refractivity contribution >= 4 is 23.2 Å². The second-order valence-corrected chi connectivity index (χ2v) is 8.34. The minimum absolute atomic E-state index is 0.191. The lowest BCUT2D eigenvalue weighted by molar-refractivity contribution is 0.0607. The highest BCUT2D eigenvalue weighted by atomic mass is 35.5.